The van der Waals surface area contributed by atoms with E-state index in [4.69, 9.17) is 0 Å². The Kier molecular flexibility index (Phi) is 3.57. The molecule has 1 amide bonds. The number of carbonyl (C=O) groups is 1. The van der Waals surface area contributed by atoms with Gasteiger partial charge in [0.15, 0.2) is 0 Å². The zero-order valence-electron chi connectivity index (χ0n) is 9.67. The van der Waals surface area contributed by atoms with Gasteiger partial charge in [0, 0.05) is 32.7 Å². The summed E-state index contributed by atoms with van der Waals surface area (Å²) in [6.07, 6.45) is 2.01. The number of nitrogens with zero attached hydrogens (tertiary/aromatic N) is 2. The van der Waals surface area contributed by atoms with Crippen LogP contribution < -0.4 is 0 Å². The number of benzene rings is 1. The fourth-order valence-electron chi connectivity index (χ4n) is 2.22. The first-order chi connectivity index (χ1) is 7.79. The number of carbonyl (C=O) groups excluding carboxylic acids is 1. The Morgan fingerprint density at radius 1 is 1.44 bits per heavy atom. The minimum atomic E-state index is 0.390. The van der Waals surface area contributed by atoms with Gasteiger partial charge in [0.2, 0.25) is 6.41 Å². The molecule has 0 radical (unpaired) electrons. The molecule has 1 saturated heterocycles. The van der Waals surface area contributed by atoms with Gasteiger partial charge in [-0.05, 0) is 12.0 Å². The first kappa shape index (κ1) is 11.1. The lowest BCUT2D eigenvalue weighted by molar-refractivity contribution is -0.118. The van der Waals surface area contributed by atoms with Gasteiger partial charge in [-0.2, -0.15) is 0 Å². The molecule has 0 spiro atoms. The van der Waals surface area contributed by atoms with Crippen LogP contribution in [0.15, 0.2) is 30.3 Å². The molecule has 2 rings (SSSR count). The van der Waals surface area contributed by atoms with Gasteiger partial charge in [-0.15, -0.1) is 0 Å². The normalized spacial score (nSPS) is 20.9. The second-order valence-electron chi connectivity index (χ2n) is 4.43. The summed E-state index contributed by atoms with van der Waals surface area (Å²) in [5, 5.41) is 0. The molecule has 0 N–H and O–H groups in total. The average molecular weight is 218 g/mol. The van der Waals surface area contributed by atoms with Crippen molar-refractivity contribution in [3.8, 4) is 0 Å². The van der Waals surface area contributed by atoms with Crippen LogP contribution in [0.4, 0.5) is 0 Å². The maximum atomic E-state index is 10.7. The fraction of sp³-hybridized carbons (Fsp3) is 0.462. The van der Waals surface area contributed by atoms with Crippen molar-refractivity contribution in [2.45, 2.75) is 19.0 Å². The summed E-state index contributed by atoms with van der Waals surface area (Å²) in [5.74, 6) is 0. The Labute approximate surface area is 96.7 Å². The van der Waals surface area contributed by atoms with E-state index in [0.29, 0.717) is 6.04 Å². The van der Waals surface area contributed by atoms with E-state index in [0.717, 1.165) is 32.5 Å². The molecule has 1 heterocycles. The van der Waals surface area contributed by atoms with Crippen LogP contribution in [0.5, 0.6) is 0 Å². The molecule has 1 fully saturated rings. The smallest absolute Gasteiger partial charge is 0.209 e. The fourth-order valence-corrected chi connectivity index (χ4v) is 2.22. The number of rotatable bonds is 4. The molecular formula is C13H18N2O. The van der Waals surface area contributed by atoms with Gasteiger partial charge in [-0.25, -0.2) is 0 Å². The van der Waals surface area contributed by atoms with Crippen molar-refractivity contribution in [3.63, 3.8) is 0 Å². The van der Waals surface area contributed by atoms with Crippen molar-refractivity contribution < 1.29 is 4.79 Å². The van der Waals surface area contributed by atoms with Crippen LogP contribution in [0.2, 0.25) is 0 Å². The predicted molar refractivity (Wildman–Crippen MR) is 64.0 cm³/mol. The molecule has 0 bridgehead atoms. The summed E-state index contributed by atoms with van der Waals surface area (Å²) in [6.45, 7) is 3.06. The number of hydrogen-bond donors (Lipinski definition) is 0. The minimum absolute atomic E-state index is 0.390. The van der Waals surface area contributed by atoms with Crippen LogP contribution in [0.3, 0.4) is 0 Å². The Morgan fingerprint density at radius 2 is 2.19 bits per heavy atom. The molecule has 1 aromatic carbocycles. The van der Waals surface area contributed by atoms with Gasteiger partial charge in [-0.1, -0.05) is 30.3 Å². The second kappa shape index (κ2) is 5.12. The van der Waals surface area contributed by atoms with Crippen molar-refractivity contribution in [3.05, 3.63) is 35.9 Å². The first-order valence-electron chi connectivity index (χ1n) is 5.73. The summed E-state index contributed by atoms with van der Waals surface area (Å²) in [5.41, 5.74) is 1.34. The molecule has 3 nitrogen and oxygen atoms in total. The molecule has 1 aliphatic rings. The largest absolute Gasteiger partial charge is 0.344 e. The highest BCUT2D eigenvalue weighted by Gasteiger charge is 2.24. The molecule has 1 atom stereocenters. The Morgan fingerprint density at radius 3 is 2.88 bits per heavy atom. The zero-order valence-corrected chi connectivity index (χ0v) is 9.67. The standard InChI is InChI=1S/C13H18N2O/c1-14(11-16)13-7-8-15(10-13)9-12-5-3-2-4-6-12/h2-6,11,13H,7-10H2,1H3. The summed E-state index contributed by atoms with van der Waals surface area (Å²) in [4.78, 5) is 14.8. The van der Waals surface area contributed by atoms with E-state index in [1.54, 1.807) is 4.90 Å². The minimum Gasteiger partial charge on any atom is -0.344 e. The number of hydrogen-bond acceptors (Lipinski definition) is 2. The van der Waals surface area contributed by atoms with Crippen LogP contribution in [0.25, 0.3) is 0 Å². The van der Waals surface area contributed by atoms with Crippen molar-refractivity contribution in [2.24, 2.45) is 0 Å². The topological polar surface area (TPSA) is 23.6 Å². The molecular weight excluding hydrogens is 200 g/mol. The molecule has 1 unspecified atom stereocenters. The monoisotopic (exact) mass is 218 g/mol. The first-order valence-corrected chi connectivity index (χ1v) is 5.73. The van der Waals surface area contributed by atoms with E-state index < -0.39 is 0 Å². The quantitative estimate of drug-likeness (QED) is 0.712. The van der Waals surface area contributed by atoms with Crippen molar-refractivity contribution in [1.82, 2.24) is 9.80 Å². The lowest BCUT2D eigenvalue weighted by Gasteiger charge is -2.20. The van der Waals surface area contributed by atoms with Gasteiger partial charge in [0.05, 0.1) is 0 Å². The lowest BCUT2D eigenvalue weighted by atomic mass is 10.2. The highest BCUT2D eigenvalue weighted by molar-refractivity contribution is 5.47. The van der Waals surface area contributed by atoms with Crippen molar-refractivity contribution in [1.29, 1.82) is 0 Å². The number of likely N-dealkylation sites (N-methyl/N-ethyl adjacent to an activating group) is 1. The second-order valence-corrected chi connectivity index (χ2v) is 4.43. The molecule has 0 aromatic heterocycles. The Balaban J connectivity index is 1.88. The summed E-state index contributed by atoms with van der Waals surface area (Å²) >= 11 is 0. The van der Waals surface area contributed by atoms with Gasteiger partial charge in [0.1, 0.15) is 0 Å². The summed E-state index contributed by atoms with van der Waals surface area (Å²) < 4.78 is 0. The molecule has 0 saturated carbocycles. The van der Waals surface area contributed by atoms with E-state index >= 15 is 0 Å². The Bertz CT molecular complexity index is 339. The SMILES string of the molecule is CN(C=O)C1CCN(Cc2ccccc2)C1. The number of amides is 1. The van der Waals surface area contributed by atoms with Crippen LogP contribution in [-0.4, -0.2) is 42.4 Å². The van der Waals surface area contributed by atoms with Crippen LogP contribution in [0.1, 0.15) is 12.0 Å². The zero-order chi connectivity index (χ0) is 11.4. The highest BCUT2D eigenvalue weighted by atomic mass is 16.1. The number of likely N-dealkylation sites (tertiary alicyclic amines) is 1. The summed E-state index contributed by atoms with van der Waals surface area (Å²) in [6, 6.07) is 10.9. The van der Waals surface area contributed by atoms with E-state index in [9.17, 15) is 4.79 Å². The third-order valence-corrected chi connectivity index (χ3v) is 3.24. The molecule has 1 aliphatic heterocycles. The van der Waals surface area contributed by atoms with Crippen LogP contribution in [0, 0.1) is 0 Å². The van der Waals surface area contributed by atoms with Gasteiger partial charge in [0.25, 0.3) is 0 Å². The Hall–Kier alpha value is -1.35. The van der Waals surface area contributed by atoms with Crippen molar-refractivity contribution >= 4 is 6.41 Å². The highest BCUT2D eigenvalue weighted by Crippen LogP contribution is 2.16. The van der Waals surface area contributed by atoms with Crippen LogP contribution >= 0.6 is 0 Å². The molecule has 16 heavy (non-hydrogen) atoms. The maximum Gasteiger partial charge on any atom is 0.209 e. The molecule has 1 aromatic rings. The van der Waals surface area contributed by atoms with E-state index in [2.05, 4.69) is 29.2 Å². The lowest BCUT2D eigenvalue weighted by Crippen LogP contribution is -2.33. The maximum absolute atomic E-state index is 10.7. The molecule has 86 valence electrons. The van der Waals surface area contributed by atoms with Crippen LogP contribution in [-0.2, 0) is 11.3 Å². The van der Waals surface area contributed by atoms with E-state index in [1.165, 1.54) is 5.56 Å². The predicted octanol–water partition coefficient (Wildman–Crippen LogP) is 1.35. The average Bonchev–Trinajstić information content (AvgIpc) is 2.78. The van der Waals surface area contributed by atoms with Gasteiger partial charge < -0.3 is 4.90 Å². The van der Waals surface area contributed by atoms with E-state index in [-0.39, 0.29) is 0 Å². The van der Waals surface area contributed by atoms with Gasteiger partial charge in [-0.3, -0.25) is 9.69 Å². The third kappa shape index (κ3) is 2.61. The molecule has 3 heteroatoms. The van der Waals surface area contributed by atoms with Gasteiger partial charge >= 0.3 is 0 Å². The van der Waals surface area contributed by atoms with Crippen molar-refractivity contribution in [2.75, 3.05) is 20.1 Å². The van der Waals surface area contributed by atoms with E-state index in [1.807, 2.05) is 13.1 Å². The summed E-state index contributed by atoms with van der Waals surface area (Å²) in [7, 11) is 1.86. The molecule has 0 aliphatic carbocycles. The third-order valence-electron chi connectivity index (χ3n) is 3.24.